The molecule has 10 heteroatoms. The van der Waals surface area contributed by atoms with Crippen molar-refractivity contribution in [2.45, 2.75) is 31.9 Å². The van der Waals surface area contributed by atoms with Gasteiger partial charge in [0.1, 0.15) is 5.75 Å². The number of carbonyl (C=O) groups excluding carboxylic acids is 2. The zero-order chi connectivity index (χ0) is 25.2. The number of rotatable bonds is 10. The number of carbonyl (C=O) groups is 2. The highest BCUT2D eigenvalue weighted by molar-refractivity contribution is 6.30. The average Bonchev–Trinajstić information content (AvgIpc) is 2.84. The van der Waals surface area contributed by atoms with E-state index in [9.17, 15) is 19.8 Å². The van der Waals surface area contributed by atoms with E-state index in [1.807, 2.05) is 0 Å². The topological polar surface area (TPSA) is 115 Å². The maximum Gasteiger partial charge on any atom is 0.323 e. The van der Waals surface area contributed by atoms with Gasteiger partial charge in [-0.05, 0) is 61.2 Å². The second-order valence-electron chi connectivity index (χ2n) is 8.50. The minimum Gasteiger partial charge on any atom is -0.490 e. The van der Waals surface area contributed by atoms with Gasteiger partial charge in [0, 0.05) is 37.7 Å². The minimum absolute atomic E-state index is 0.0315. The third-order valence-corrected chi connectivity index (χ3v) is 5.96. The smallest absolute Gasteiger partial charge is 0.323 e. The number of guanidine groups is 1. The molecule has 9 nitrogen and oxygen atoms in total. The van der Waals surface area contributed by atoms with E-state index in [0.29, 0.717) is 17.1 Å². The maximum atomic E-state index is 12.8. The molecule has 35 heavy (non-hydrogen) atoms. The van der Waals surface area contributed by atoms with Crippen molar-refractivity contribution in [3.63, 3.8) is 0 Å². The number of halogens is 1. The number of benzene rings is 2. The SMILES string of the molecule is CN(CC(CO)CO)C(=O)NC(=Nc1ccc(OC2CCC2)cc1)N(C=O)Cc1ccc(Cl)cc1. The summed E-state index contributed by atoms with van der Waals surface area (Å²) in [6.45, 7) is -0.247. The van der Waals surface area contributed by atoms with Gasteiger partial charge in [0.2, 0.25) is 12.4 Å². The van der Waals surface area contributed by atoms with Gasteiger partial charge in [-0.2, -0.15) is 0 Å². The summed E-state index contributed by atoms with van der Waals surface area (Å²) < 4.78 is 5.88. The van der Waals surface area contributed by atoms with Crippen LogP contribution in [0.1, 0.15) is 24.8 Å². The van der Waals surface area contributed by atoms with Crippen molar-refractivity contribution in [1.82, 2.24) is 15.1 Å². The summed E-state index contributed by atoms with van der Waals surface area (Å²) in [4.78, 5) is 32.0. The Morgan fingerprint density at radius 2 is 1.83 bits per heavy atom. The number of hydrogen-bond acceptors (Lipinski definition) is 6. The Balaban J connectivity index is 1.80. The predicted molar refractivity (Wildman–Crippen MR) is 134 cm³/mol. The number of nitrogens with one attached hydrogen (secondary N) is 1. The largest absolute Gasteiger partial charge is 0.490 e. The Morgan fingerprint density at radius 3 is 2.37 bits per heavy atom. The summed E-state index contributed by atoms with van der Waals surface area (Å²) in [5.41, 5.74) is 1.32. The summed E-state index contributed by atoms with van der Waals surface area (Å²) in [5.74, 6) is 0.293. The zero-order valence-electron chi connectivity index (χ0n) is 19.6. The monoisotopic (exact) mass is 502 g/mol. The second-order valence-corrected chi connectivity index (χ2v) is 8.94. The molecule has 3 rings (SSSR count). The lowest BCUT2D eigenvalue weighted by Gasteiger charge is -2.26. The van der Waals surface area contributed by atoms with Gasteiger partial charge < -0.3 is 19.8 Å². The predicted octanol–water partition coefficient (Wildman–Crippen LogP) is 3.16. The Kier molecular flexibility index (Phi) is 9.89. The van der Waals surface area contributed by atoms with Crippen LogP contribution >= 0.6 is 11.6 Å². The molecule has 0 saturated heterocycles. The van der Waals surface area contributed by atoms with Crippen LogP contribution in [0.25, 0.3) is 0 Å². The molecule has 1 aliphatic carbocycles. The molecule has 188 valence electrons. The molecule has 0 atom stereocenters. The number of nitrogens with zero attached hydrogens (tertiary/aromatic N) is 3. The number of aliphatic hydroxyl groups is 2. The summed E-state index contributed by atoms with van der Waals surface area (Å²) in [6.07, 6.45) is 4.12. The molecule has 0 bridgehead atoms. The van der Waals surface area contributed by atoms with Gasteiger partial charge in [0.25, 0.3) is 0 Å². The van der Waals surface area contributed by atoms with E-state index in [-0.39, 0.29) is 38.4 Å². The fraction of sp³-hybridized carbons (Fsp3) is 0.400. The van der Waals surface area contributed by atoms with Crippen molar-refractivity contribution in [2.75, 3.05) is 26.8 Å². The normalized spacial score (nSPS) is 13.8. The van der Waals surface area contributed by atoms with Crippen molar-refractivity contribution in [3.8, 4) is 5.75 Å². The molecule has 0 aromatic heterocycles. The fourth-order valence-corrected chi connectivity index (χ4v) is 3.48. The summed E-state index contributed by atoms with van der Waals surface area (Å²) in [6, 6.07) is 13.6. The van der Waals surface area contributed by atoms with E-state index in [0.717, 1.165) is 24.2 Å². The van der Waals surface area contributed by atoms with E-state index in [1.54, 1.807) is 48.5 Å². The van der Waals surface area contributed by atoms with E-state index in [2.05, 4.69) is 10.3 Å². The minimum atomic E-state index is -0.538. The standard InChI is InChI=1S/C25H31ClN4O5/c1-29(13-19(15-31)16-32)25(34)28-24(30(17-33)14-18-5-7-20(26)8-6-18)27-21-9-11-23(12-10-21)35-22-3-2-4-22/h5-12,17,19,22,31-32H,2-4,13-16H2,1H3,(H,27,28,34). The van der Waals surface area contributed by atoms with Crippen LogP contribution in [0.2, 0.25) is 5.02 Å². The molecular formula is C25H31ClN4O5. The third-order valence-electron chi connectivity index (χ3n) is 5.71. The molecule has 0 unspecified atom stereocenters. The van der Waals surface area contributed by atoms with Crippen LogP contribution in [0, 0.1) is 5.92 Å². The molecule has 0 spiro atoms. The first-order valence-electron chi connectivity index (χ1n) is 11.5. The van der Waals surface area contributed by atoms with Crippen molar-refractivity contribution in [1.29, 1.82) is 0 Å². The van der Waals surface area contributed by atoms with Crippen LogP contribution in [0.3, 0.4) is 0 Å². The summed E-state index contributed by atoms with van der Waals surface area (Å²) in [7, 11) is 1.53. The van der Waals surface area contributed by atoms with Crippen LogP contribution in [-0.2, 0) is 11.3 Å². The Morgan fingerprint density at radius 1 is 1.17 bits per heavy atom. The van der Waals surface area contributed by atoms with Gasteiger partial charge in [0.15, 0.2) is 0 Å². The van der Waals surface area contributed by atoms with Gasteiger partial charge in [-0.3, -0.25) is 15.0 Å². The molecule has 2 aromatic rings. The average molecular weight is 503 g/mol. The number of aliphatic hydroxyl groups excluding tert-OH is 2. The van der Waals surface area contributed by atoms with Crippen LogP contribution in [0.5, 0.6) is 5.75 Å². The first kappa shape index (κ1) is 26.5. The molecule has 3 amide bonds. The van der Waals surface area contributed by atoms with E-state index in [4.69, 9.17) is 16.3 Å². The number of amides is 3. The molecule has 1 fully saturated rings. The highest BCUT2D eigenvalue weighted by Gasteiger charge is 2.21. The fourth-order valence-electron chi connectivity index (χ4n) is 3.35. The molecule has 3 N–H and O–H groups in total. The van der Waals surface area contributed by atoms with Gasteiger partial charge in [0.05, 0.1) is 18.3 Å². The highest BCUT2D eigenvalue weighted by Crippen LogP contribution is 2.26. The lowest BCUT2D eigenvalue weighted by Crippen LogP contribution is -2.49. The number of ether oxygens (including phenoxy) is 1. The lowest BCUT2D eigenvalue weighted by molar-refractivity contribution is -0.115. The van der Waals surface area contributed by atoms with E-state index in [1.165, 1.54) is 23.3 Å². The second kappa shape index (κ2) is 13.1. The molecule has 1 aliphatic rings. The van der Waals surface area contributed by atoms with Gasteiger partial charge >= 0.3 is 6.03 Å². The first-order valence-corrected chi connectivity index (χ1v) is 11.8. The quantitative estimate of drug-likeness (QED) is 0.262. The first-order chi connectivity index (χ1) is 16.9. The summed E-state index contributed by atoms with van der Waals surface area (Å²) >= 11 is 5.96. The van der Waals surface area contributed by atoms with Crippen molar-refractivity contribution < 1.29 is 24.5 Å². The third kappa shape index (κ3) is 7.95. The van der Waals surface area contributed by atoms with E-state index >= 15 is 0 Å². The van der Waals surface area contributed by atoms with Crippen LogP contribution in [-0.4, -0.2) is 71.3 Å². The van der Waals surface area contributed by atoms with Gasteiger partial charge in [-0.15, -0.1) is 0 Å². The zero-order valence-corrected chi connectivity index (χ0v) is 20.4. The Hall–Kier alpha value is -3.14. The molecule has 2 aromatic carbocycles. The Bertz CT molecular complexity index is 992. The molecule has 0 heterocycles. The van der Waals surface area contributed by atoms with Crippen LogP contribution in [0.4, 0.5) is 10.5 Å². The molecular weight excluding hydrogens is 472 g/mol. The Labute approximate surface area is 210 Å². The van der Waals surface area contributed by atoms with Gasteiger partial charge in [-0.1, -0.05) is 23.7 Å². The highest BCUT2D eigenvalue weighted by atomic mass is 35.5. The summed E-state index contributed by atoms with van der Waals surface area (Å²) in [5, 5.41) is 21.9. The number of hydrogen-bond donors (Lipinski definition) is 3. The maximum absolute atomic E-state index is 12.8. The molecule has 1 saturated carbocycles. The molecule has 0 aliphatic heterocycles. The molecule has 0 radical (unpaired) electrons. The van der Waals surface area contributed by atoms with Crippen molar-refractivity contribution in [2.24, 2.45) is 10.9 Å². The van der Waals surface area contributed by atoms with Crippen LogP contribution in [0.15, 0.2) is 53.5 Å². The van der Waals surface area contributed by atoms with Crippen molar-refractivity contribution >= 4 is 35.7 Å². The van der Waals surface area contributed by atoms with Crippen LogP contribution < -0.4 is 10.1 Å². The lowest BCUT2D eigenvalue weighted by atomic mass is 9.96. The number of urea groups is 1. The van der Waals surface area contributed by atoms with E-state index < -0.39 is 11.9 Å². The number of aliphatic imine (C=N–C) groups is 1. The van der Waals surface area contributed by atoms with Gasteiger partial charge in [-0.25, -0.2) is 9.79 Å². The van der Waals surface area contributed by atoms with Crippen molar-refractivity contribution in [3.05, 3.63) is 59.1 Å².